The van der Waals surface area contributed by atoms with E-state index in [4.69, 9.17) is 23.2 Å². The second-order valence-electron chi connectivity index (χ2n) is 6.95. The van der Waals surface area contributed by atoms with Gasteiger partial charge in [0.25, 0.3) is 0 Å². The molecule has 4 rings (SSSR count). The number of rotatable bonds is 6. The summed E-state index contributed by atoms with van der Waals surface area (Å²) in [7, 11) is 0. The molecule has 10 heteroatoms. The Balaban J connectivity index is 1.43. The number of hydrogen-bond donors (Lipinski definition) is 2. The lowest BCUT2D eigenvalue weighted by atomic mass is 10.2. The van der Waals surface area contributed by atoms with Crippen LogP contribution in [-0.4, -0.2) is 26.9 Å². The molecule has 0 bridgehead atoms. The number of nitrogens with zero attached hydrogens (tertiary/aromatic N) is 3. The van der Waals surface area contributed by atoms with E-state index in [0.29, 0.717) is 27.1 Å². The van der Waals surface area contributed by atoms with E-state index in [1.54, 1.807) is 34.9 Å². The van der Waals surface area contributed by atoms with E-state index in [1.807, 2.05) is 0 Å². The van der Waals surface area contributed by atoms with Crippen molar-refractivity contribution < 1.29 is 9.18 Å². The predicted octanol–water partition coefficient (Wildman–Crippen LogP) is 4.31. The Labute approximate surface area is 181 Å². The van der Waals surface area contributed by atoms with E-state index < -0.39 is 6.03 Å². The van der Waals surface area contributed by atoms with Gasteiger partial charge in [0.2, 0.25) is 0 Å². The summed E-state index contributed by atoms with van der Waals surface area (Å²) < 4.78 is 16.2. The summed E-state index contributed by atoms with van der Waals surface area (Å²) in [4.78, 5) is 24.9. The predicted molar refractivity (Wildman–Crippen MR) is 114 cm³/mol. The Hall–Kier alpha value is -2.84. The smallest absolute Gasteiger partial charge is 0.336 e. The molecule has 0 unspecified atom stereocenters. The van der Waals surface area contributed by atoms with Crippen molar-refractivity contribution in [2.24, 2.45) is 0 Å². The molecule has 0 atom stereocenters. The zero-order chi connectivity index (χ0) is 21.3. The first kappa shape index (κ1) is 20.4. The van der Waals surface area contributed by atoms with Crippen LogP contribution in [0, 0.1) is 5.82 Å². The zero-order valence-electron chi connectivity index (χ0n) is 15.7. The van der Waals surface area contributed by atoms with Crippen LogP contribution in [0.1, 0.15) is 18.9 Å². The lowest BCUT2D eigenvalue weighted by Gasteiger charge is -2.08. The highest BCUT2D eigenvalue weighted by atomic mass is 35.5. The first-order chi connectivity index (χ1) is 14.4. The fraction of sp³-hybridized carbons (Fsp3) is 0.250. The number of carbonyl (C=O) groups is 1. The highest BCUT2D eigenvalue weighted by molar-refractivity contribution is 6.42. The number of urea groups is 1. The maximum atomic E-state index is 13.2. The van der Waals surface area contributed by atoms with Gasteiger partial charge in [0.15, 0.2) is 5.82 Å². The van der Waals surface area contributed by atoms with E-state index in [1.165, 1.54) is 16.8 Å². The Morgan fingerprint density at radius 2 is 1.87 bits per heavy atom. The van der Waals surface area contributed by atoms with Crippen molar-refractivity contribution in [3.05, 3.63) is 68.8 Å². The van der Waals surface area contributed by atoms with Gasteiger partial charge in [0.1, 0.15) is 5.82 Å². The average Bonchev–Trinajstić information content (AvgIpc) is 3.50. The molecule has 0 radical (unpaired) electrons. The van der Waals surface area contributed by atoms with Gasteiger partial charge in [-0.2, -0.15) is 0 Å². The van der Waals surface area contributed by atoms with Crippen LogP contribution in [0.4, 0.5) is 14.9 Å². The molecule has 1 fully saturated rings. The number of carbonyl (C=O) groups excluding carboxylic acids is 1. The molecule has 7 nitrogen and oxygen atoms in total. The molecule has 3 aromatic rings. The van der Waals surface area contributed by atoms with Crippen LogP contribution in [-0.2, 0) is 6.54 Å². The number of hydrogen-bond acceptors (Lipinski definition) is 3. The van der Waals surface area contributed by atoms with Crippen molar-refractivity contribution in [2.75, 3.05) is 11.9 Å². The fourth-order valence-corrected chi connectivity index (χ4v) is 3.35. The molecule has 1 aliphatic rings. The van der Waals surface area contributed by atoms with Crippen molar-refractivity contribution in [3.63, 3.8) is 0 Å². The zero-order valence-corrected chi connectivity index (χ0v) is 17.3. The number of benzene rings is 2. The highest BCUT2D eigenvalue weighted by Crippen LogP contribution is 2.36. The summed E-state index contributed by atoms with van der Waals surface area (Å²) in [6.07, 6.45) is 1.81. The number of halogens is 3. The minimum absolute atomic E-state index is 0.109. The van der Waals surface area contributed by atoms with Crippen LogP contribution in [0.15, 0.2) is 47.3 Å². The summed E-state index contributed by atoms with van der Waals surface area (Å²) in [5.74, 6) is 0.151. The normalized spacial score (nSPS) is 13.3. The molecular formula is C20H18Cl2FN5O2. The molecule has 0 aliphatic heterocycles. The topological polar surface area (TPSA) is 81.0 Å². The third kappa shape index (κ3) is 4.49. The Morgan fingerprint density at radius 3 is 2.53 bits per heavy atom. The van der Waals surface area contributed by atoms with E-state index in [2.05, 4.69) is 15.7 Å². The molecule has 30 heavy (non-hydrogen) atoms. The second kappa shape index (κ2) is 8.49. The molecule has 1 heterocycles. The molecule has 1 aliphatic carbocycles. The Morgan fingerprint density at radius 1 is 1.13 bits per heavy atom. The maximum Gasteiger partial charge on any atom is 0.346 e. The van der Waals surface area contributed by atoms with E-state index in [0.717, 1.165) is 12.8 Å². The van der Waals surface area contributed by atoms with Crippen molar-refractivity contribution >= 4 is 34.9 Å². The molecule has 1 saturated carbocycles. The fourth-order valence-electron chi connectivity index (χ4n) is 3.05. The average molecular weight is 450 g/mol. The molecule has 2 N–H and O–H groups in total. The van der Waals surface area contributed by atoms with Gasteiger partial charge in [-0.3, -0.25) is 4.57 Å². The molecule has 2 amide bonds. The summed E-state index contributed by atoms with van der Waals surface area (Å²) in [6.45, 7) is 0.388. The van der Waals surface area contributed by atoms with E-state index >= 15 is 0 Å². The third-order valence-electron chi connectivity index (χ3n) is 4.67. The minimum Gasteiger partial charge on any atom is -0.336 e. The summed E-state index contributed by atoms with van der Waals surface area (Å²) in [5, 5.41) is 10.5. The van der Waals surface area contributed by atoms with Gasteiger partial charge in [-0.15, -0.1) is 5.10 Å². The van der Waals surface area contributed by atoms with Crippen molar-refractivity contribution in [2.45, 2.75) is 25.4 Å². The monoisotopic (exact) mass is 449 g/mol. The minimum atomic E-state index is -0.443. The second-order valence-corrected chi connectivity index (χ2v) is 7.76. The Bertz CT molecular complexity index is 1140. The molecule has 2 aromatic carbocycles. The highest BCUT2D eigenvalue weighted by Gasteiger charge is 2.30. The van der Waals surface area contributed by atoms with E-state index in [9.17, 15) is 14.0 Å². The first-order valence-corrected chi connectivity index (χ1v) is 10.1. The lowest BCUT2D eigenvalue weighted by Crippen LogP contribution is -2.34. The van der Waals surface area contributed by atoms with Crippen LogP contribution in [0.25, 0.3) is 11.4 Å². The molecule has 156 valence electrons. The molecular weight excluding hydrogens is 432 g/mol. The van der Waals surface area contributed by atoms with Crippen molar-refractivity contribution in [1.82, 2.24) is 19.7 Å². The van der Waals surface area contributed by atoms with Gasteiger partial charge in [-0.05, 0) is 55.3 Å². The third-order valence-corrected chi connectivity index (χ3v) is 5.41. The quantitative estimate of drug-likeness (QED) is 0.587. The van der Waals surface area contributed by atoms with Gasteiger partial charge in [-0.1, -0.05) is 23.2 Å². The molecule has 0 spiro atoms. The number of amides is 2. The maximum absolute atomic E-state index is 13.2. The largest absolute Gasteiger partial charge is 0.346 e. The van der Waals surface area contributed by atoms with Crippen LogP contribution < -0.4 is 16.3 Å². The van der Waals surface area contributed by atoms with Crippen molar-refractivity contribution in [1.29, 1.82) is 0 Å². The van der Waals surface area contributed by atoms with E-state index in [-0.39, 0.29) is 30.6 Å². The Kier molecular flexibility index (Phi) is 5.78. The lowest BCUT2D eigenvalue weighted by molar-refractivity contribution is 0.251. The number of anilines is 1. The standard InChI is InChI=1S/C20H18Cl2FN5O2/c21-16-8-5-14(11-17(16)22)25-19(29)24-9-10-27-20(30)28(15-6-7-15)18(26-27)12-1-3-13(23)4-2-12/h1-5,8,11,15H,6-7,9-10H2,(H2,24,25,29). The number of nitrogens with one attached hydrogen (secondary N) is 2. The number of aromatic nitrogens is 3. The van der Waals surface area contributed by atoms with Gasteiger partial charge < -0.3 is 10.6 Å². The first-order valence-electron chi connectivity index (χ1n) is 9.37. The van der Waals surface area contributed by atoms with Gasteiger partial charge in [-0.25, -0.2) is 18.7 Å². The summed E-state index contributed by atoms with van der Waals surface area (Å²) in [6, 6.07) is 10.3. The van der Waals surface area contributed by atoms with Crippen LogP contribution in [0.3, 0.4) is 0 Å². The van der Waals surface area contributed by atoms with Gasteiger partial charge >= 0.3 is 11.7 Å². The van der Waals surface area contributed by atoms with Gasteiger partial charge in [0.05, 0.1) is 16.6 Å². The summed E-state index contributed by atoms with van der Waals surface area (Å²) in [5.41, 5.74) is 0.920. The molecule has 1 aromatic heterocycles. The van der Waals surface area contributed by atoms with Crippen LogP contribution in [0.5, 0.6) is 0 Å². The SMILES string of the molecule is O=C(NCCn1nc(-c2ccc(F)cc2)n(C2CC2)c1=O)Nc1ccc(Cl)c(Cl)c1. The summed E-state index contributed by atoms with van der Waals surface area (Å²) >= 11 is 11.8. The van der Waals surface area contributed by atoms with Gasteiger partial charge in [0, 0.05) is 23.8 Å². The van der Waals surface area contributed by atoms with Crippen LogP contribution in [0.2, 0.25) is 10.0 Å². The molecule has 0 saturated heterocycles. The van der Waals surface area contributed by atoms with Crippen molar-refractivity contribution in [3.8, 4) is 11.4 Å². The van der Waals surface area contributed by atoms with Crippen LogP contribution >= 0.6 is 23.2 Å².